The summed E-state index contributed by atoms with van der Waals surface area (Å²) in [4.78, 5) is 20.1. The van der Waals surface area contributed by atoms with Gasteiger partial charge in [-0.2, -0.15) is 0 Å². The Balaban J connectivity index is 2.30. The Kier molecular flexibility index (Phi) is 3.72. The number of imidazole rings is 1. The fourth-order valence-corrected chi connectivity index (χ4v) is 1.93. The summed E-state index contributed by atoms with van der Waals surface area (Å²) in [5.41, 5.74) is 1.09. The van der Waals surface area contributed by atoms with Crippen LogP contribution in [0.15, 0.2) is 30.9 Å². The average Bonchev–Trinajstić information content (AvgIpc) is 2.86. The number of alkyl halides is 1. The third-order valence-corrected chi connectivity index (χ3v) is 3.02. The van der Waals surface area contributed by atoms with Gasteiger partial charge in [-0.25, -0.2) is 9.97 Å². The highest BCUT2D eigenvalue weighted by Gasteiger charge is 2.14. The summed E-state index contributed by atoms with van der Waals surface area (Å²) in [5.74, 6) is 0.401. The minimum absolute atomic E-state index is 0.0886. The van der Waals surface area contributed by atoms with Crippen LogP contribution in [-0.2, 0) is 4.55 Å². The second-order valence-electron chi connectivity index (χ2n) is 3.29. The molecule has 17 heavy (non-hydrogen) atoms. The van der Waals surface area contributed by atoms with Gasteiger partial charge in [0.25, 0.3) is 0 Å². The van der Waals surface area contributed by atoms with Gasteiger partial charge in [-0.05, 0) is 6.07 Å². The number of hydrogen-bond acceptors (Lipinski definition) is 4. The summed E-state index contributed by atoms with van der Waals surface area (Å²) in [6.07, 6.45) is 4.70. The molecule has 0 aliphatic heterocycles. The van der Waals surface area contributed by atoms with Gasteiger partial charge >= 0.3 is 0 Å². The van der Waals surface area contributed by atoms with Gasteiger partial charge in [0.2, 0.25) is 11.7 Å². The summed E-state index contributed by atoms with van der Waals surface area (Å²) in [7, 11) is 1.54. The van der Waals surface area contributed by atoms with Crippen molar-refractivity contribution < 1.29 is 9.53 Å². The number of pyridine rings is 1. The van der Waals surface area contributed by atoms with Crippen molar-refractivity contribution in [3.05, 3.63) is 42.1 Å². The molecule has 0 spiro atoms. The molecule has 0 saturated carbocycles. The van der Waals surface area contributed by atoms with E-state index in [9.17, 15) is 4.79 Å². The van der Waals surface area contributed by atoms with Crippen LogP contribution in [0.2, 0.25) is 0 Å². The SMILES string of the molecule is COc1ccc(C(=O)c2cncn2CI)cn1. The zero-order valence-electron chi connectivity index (χ0n) is 9.13. The summed E-state index contributed by atoms with van der Waals surface area (Å²) in [6, 6.07) is 3.36. The van der Waals surface area contributed by atoms with Gasteiger partial charge in [0.05, 0.1) is 24.2 Å². The smallest absolute Gasteiger partial charge is 0.212 e. The van der Waals surface area contributed by atoms with Gasteiger partial charge < -0.3 is 9.30 Å². The second kappa shape index (κ2) is 5.26. The molecule has 0 unspecified atom stereocenters. The lowest BCUT2D eigenvalue weighted by Gasteiger charge is -2.04. The molecule has 2 aromatic heterocycles. The number of ether oxygens (including phenoxy) is 1. The Labute approximate surface area is 112 Å². The van der Waals surface area contributed by atoms with E-state index in [2.05, 4.69) is 32.6 Å². The van der Waals surface area contributed by atoms with Crippen LogP contribution in [0.25, 0.3) is 0 Å². The van der Waals surface area contributed by atoms with E-state index in [1.165, 1.54) is 13.3 Å². The van der Waals surface area contributed by atoms with Gasteiger partial charge in [-0.3, -0.25) is 4.79 Å². The maximum absolute atomic E-state index is 12.1. The number of aromatic nitrogens is 3. The van der Waals surface area contributed by atoms with Crippen molar-refractivity contribution in [1.82, 2.24) is 14.5 Å². The van der Waals surface area contributed by atoms with Gasteiger partial charge in [0.15, 0.2) is 0 Å². The van der Waals surface area contributed by atoms with Crippen LogP contribution in [0.1, 0.15) is 16.1 Å². The van der Waals surface area contributed by atoms with Crippen LogP contribution in [0.4, 0.5) is 0 Å². The Morgan fingerprint density at radius 1 is 1.47 bits per heavy atom. The standard InChI is InChI=1S/C11H10IN3O2/c1-17-10-3-2-8(4-14-10)11(16)9-5-13-7-15(9)6-12/h2-5,7H,6H2,1H3. The van der Waals surface area contributed by atoms with Gasteiger partial charge in [0.1, 0.15) is 5.69 Å². The highest BCUT2D eigenvalue weighted by Crippen LogP contribution is 2.12. The predicted molar refractivity (Wildman–Crippen MR) is 70.5 cm³/mol. The molecule has 0 amide bonds. The Hall–Kier alpha value is -1.44. The molecule has 2 rings (SSSR count). The number of hydrogen-bond donors (Lipinski definition) is 0. The van der Waals surface area contributed by atoms with E-state index in [1.807, 2.05) is 0 Å². The highest BCUT2D eigenvalue weighted by atomic mass is 127. The van der Waals surface area contributed by atoms with E-state index in [0.717, 1.165) is 0 Å². The third kappa shape index (κ3) is 2.46. The third-order valence-electron chi connectivity index (χ3n) is 2.28. The van der Waals surface area contributed by atoms with Crippen LogP contribution in [-0.4, -0.2) is 27.4 Å². The normalized spacial score (nSPS) is 10.2. The molecule has 0 atom stereocenters. The Morgan fingerprint density at radius 3 is 2.88 bits per heavy atom. The molecule has 2 heterocycles. The van der Waals surface area contributed by atoms with Crippen LogP contribution < -0.4 is 4.74 Å². The van der Waals surface area contributed by atoms with Crippen molar-refractivity contribution in [1.29, 1.82) is 0 Å². The fourth-order valence-electron chi connectivity index (χ4n) is 1.39. The van der Waals surface area contributed by atoms with E-state index in [0.29, 0.717) is 21.7 Å². The number of halogens is 1. The van der Waals surface area contributed by atoms with Crippen molar-refractivity contribution in [3.63, 3.8) is 0 Å². The first-order valence-corrected chi connectivity index (χ1v) is 6.39. The number of carbonyl (C=O) groups is 1. The van der Waals surface area contributed by atoms with Gasteiger partial charge in [0, 0.05) is 17.8 Å². The van der Waals surface area contributed by atoms with Crippen LogP contribution in [0, 0.1) is 0 Å². The molecule has 0 N–H and O–H groups in total. The number of carbonyl (C=O) groups excluding carboxylic acids is 1. The molecule has 0 radical (unpaired) electrons. The molecule has 0 saturated heterocycles. The zero-order valence-corrected chi connectivity index (χ0v) is 11.3. The van der Waals surface area contributed by atoms with Crippen molar-refractivity contribution in [2.75, 3.05) is 7.11 Å². The fraction of sp³-hybridized carbons (Fsp3) is 0.182. The van der Waals surface area contributed by atoms with Gasteiger partial charge in [-0.1, -0.05) is 22.6 Å². The second-order valence-corrected chi connectivity index (χ2v) is 3.97. The molecular weight excluding hydrogens is 333 g/mol. The quantitative estimate of drug-likeness (QED) is 0.484. The van der Waals surface area contributed by atoms with E-state index in [1.54, 1.807) is 29.2 Å². The van der Waals surface area contributed by atoms with Crippen molar-refractivity contribution in [2.45, 2.75) is 4.55 Å². The van der Waals surface area contributed by atoms with Crippen molar-refractivity contribution >= 4 is 28.4 Å². The summed E-state index contributed by atoms with van der Waals surface area (Å²) in [6.45, 7) is 0. The molecule has 0 aromatic carbocycles. The van der Waals surface area contributed by atoms with Crippen molar-refractivity contribution in [3.8, 4) is 5.88 Å². The molecule has 0 bridgehead atoms. The lowest BCUT2D eigenvalue weighted by atomic mass is 10.1. The molecule has 0 fully saturated rings. The Morgan fingerprint density at radius 2 is 2.29 bits per heavy atom. The number of ketones is 1. The topological polar surface area (TPSA) is 57.0 Å². The lowest BCUT2D eigenvalue weighted by molar-refractivity contribution is 0.103. The first-order valence-electron chi connectivity index (χ1n) is 4.87. The maximum Gasteiger partial charge on any atom is 0.212 e. The lowest BCUT2D eigenvalue weighted by Crippen LogP contribution is -2.08. The number of rotatable bonds is 4. The summed E-state index contributed by atoms with van der Waals surface area (Å²) >= 11 is 2.17. The number of methoxy groups -OCH3 is 1. The molecule has 0 aliphatic carbocycles. The minimum Gasteiger partial charge on any atom is -0.481 e. The van der Waals surface area contributed by atoms with Crippen LogP contribution in [0.5, 0.6) is 5.88 Å². The molecule has 5 nitrogen and oxygen atoms in total. The largest absolute Gasteiger partial charge is 0.481 e. The average molecular weight is 343 g/mol. The van der Waals surface area contributed by atoms with E-state index in [-0.39, 0.29) is 5.78 Å². The predicted octanol–water partition coefficient (Wildman–Crippen LogP) is 1.91. The van der Waals surface area contributed by atoms with E-state index >= 15 is 0 Å². The number of nitrogens with zero attached hydrogens (tertiary/aromatic N) is 3. The highest BCUT2D eigenvalue weighted by molar-refractivity contribution is 14.1. The first-order chi connectivity index (χ1) is 8.26. The molecule has 88 valence electrons. The van der Waals surface area contributed by atoms with Crippen molar-refractivity contribution in [2.24, 2.45) is 0 Å². The van der Waals surface area contributed by atoms with Gasteiger partial charge in [-0.15, -0.1) is 0 Å². The first kappa shape index (κ1) is 12.0. The van der Waals surface area contributed by atoms with E-state index in [4.69, 9.17) is 4.74 Å². The molecule has 6 heteroatoms. The maximum atomic E-state index is 12.1. The monoisotopic (exact) mass is 343 g/mol. The summed E-state index contributed by atoms with van der Waals surface area (Å²) in [5, 5.41) is 0. The molecular formula is C11H10IN3O2. The van der Waals surface area contributed by atoms with Crippen LogP contribution >= 0.6 is 22.6 Å². The minimum atomic E-state index is -0.0886. The van der Waals surface area contributed by atoms with E-state index < -0.39 is 0 Å². The van der Waals surface area contributed by atoms with Crippen LogP contribution in [0.3, 0.4) is 0 Å². The Bertz CT molecular complexity index is 522. The molecule has 2 aromatic rings. The zero-order chi connectivity index (χ0) is 12.3. The molecule has 0 aliphatic rings. The summed E-state index contributed by atoms with van der Waals surface area (Å²) < 4.78 is 7.41.